The van der Waals surface area contributed by atoms with E-state index in [1.54, 1.807) is 0 Å². The Morgan fingerprint density at radius 2 is 0.880 bits per heavy atom. The lowest BCUT2D eigenvalue weighted by Gasteiger charge is -2.38. The Bertz CT molecular complexity index is 340. The standard InChI is InChI=1S/2C6H13NO5.ClH/c2*7-3-5(10)4(9)2(1-8)12-6(3)11;/h2*2-6,8-11H,1,7H2;1H. The number of hydrogen-bond acceptors (Lipinski definition) is 12. The van der Waals surface area contributed by atoms with E-state index in [0.29, 0.717) is 0 Å². The van der Waals surface area contributed by atoms with E-state index in [4.69, 9.17) is 41.4 Å². The van der Waals surface area contributed by atoms with Crippen molar-refractivity contribution in [2.75, 3.05) is 13.2 Å². The van der Waals surface area contributed by atoms with Crippen molar-refractivity contribution in [3.63, 3.8) is 0 Å². The van der Waals surface area contributed by atoms with Crippen LogP contribution in [-0.2, 0) is 9.47 Å². The highest BCUT2D eigenvalue weighted by Crippen LogP contribution is 2.18. The molecule has 0 radical (unpaired) electrons. The Balaban J connectivity index is 0.000000443. The first-order chi connectivity index (χ1) is 11.1. The molecular formula is C12H27ClN2O10. The molecule has 2 aliphatic rings. The summed E-state index contributed by atoms with van der Waals surface area (Å²) >= 11 is 0. The number of aliphatic hydroxyl groups is 8. The summed E-state index contributed by atoms with van der Waals surface area (Å²) in [5, 5.41) is 72.1. The van der Waals surface area contributed by atoms with Crippen molar-refractivity contribution in [1.29, 1.82) is 0 Å². The van der Waals surface area contributed by atoms with E-state index in [0.717, 1.165) is 0 Å². The molecule has 12 nitrogen and oxygen atoms in total. The van der Waals surface area contributed by atoms with Crippen LogP contribution in [0.15, 0.2) is 0 Å². The van der Waals surface area contributed by atoms with E-state index in [9.17, 15) is 20.4 Å². The second-order valence-electron chi connectivity index (χ2n) is 5.61. The molecule has 2 saturated heterocycles. The molecule has 0 bridgehead atoms. The minimum atomic E-state index is -1.35. The maximum Gasteiger partial charge on any atom is 0.173 e. The fourth-order valence-corrected chi connectivity index (χ4v) is 2.24. The number of halogens is 1. The molecule has 0 spiro atoms. The highest BCUT2D eigenvalue weighted by molar-refractivity contribution is 5.85. The number of nitrogens with two attached hydrogens (primary N) is 2. The van der Waals surface area contributed by atoms with Crippen LogP contribution < -0.4 is 11.5 Å². The van der Waals surface area contributed by atoms with Gasteiger partial charge in [-0.25, -0.2) is 0 Å². The Morgan fingerprint density at radius 1 is 0.600 bits per heavy atom. The normalized spacial score (nSPS) is 47.3. The van der Waals surface area contributed by atoms with Gasteiger partial charge in [-0.05, 0) is 0 Å². The molecule has 0 saturated carbocycles. The van der Waals surface area contributed by atoms with E-state index in [1.807, 2.05) is 0 Å². The predicted octanol–water partition coefficient (Wildman–Crippen LogP) is -6.09. The first-order valence-electron chi connectivity index (χ1n) is 7.27. The SMILES string of the molecule is Cl.NC1C(O)OC(CO)C(O)C1O.NC1C(O)OC(CO)C(O)C1O. The Hall–Kier alpha value is -0.190. The lowest BCUT2D eigenvalue weighted by atomic mass is 9.98. The molecule has 25 heavy (non-hydrogen) atoms. The third-order valence-electron chi connectivity index (χ3n) is 3.90. The summed E-state index contributed by atoms with van der Waals surface area (Å²) < 4.78 is 9.40. The molecule has 0 amide bonds. The summed E-state index contributed by atoms with van der Waals surface area (Å²) in [6.45, 7) is -0.940. The van der Waals surface area contributed by atoms with Gasteiger partial charge in [0.15, 0.2) is 12.6 Å². The average molecular weight is 395 g/mol. The Labute approximate surface area is 149 Å². The van der Waals surface area contributed by atoms with Gasteiger partial charge in [0.05, 0.1) is 25.3 Å². The maximum atomic E-state index is 9.20. The molecule has 0 aromatic carbocycles. The first-order valence-corrected chi connectivity index (χ1v) is 7.27. The van der Waals surface area contributed by atoms with Crippen molar-refractivity contribution in [3.05, 3.63) is 0 Å². The molecule has 0 aromatic rings. The van der Waals surface area contributed by atoms with Crippen molar-refractivity contribution in [2.45, 2.75) is 61.3 Å². The van der Waals surface area contributed by atoms with Gasteiger partial charge in [-0.15, -0.1) is 12.4 Å². The van der Waals surface area contributed by atoms with Crippen molar-refractivity contribution < 1.29 is 50.3 Å². The smallest absolute Gasteiger partial charge is 0.173 e. The third kappa shape index (κ3) is 5.90. The molecule has 10 unspecified atom stereocenters. The summed E-state index contributed by atoms with van der Waals surface area (Å²) in [4.78, 5) is 0. The summed E-state index contributed by atoms with van der Waals surface area (Å²) in [5.74, 6) is 0. The molecule has 10 atom stereocenters. The number of ether oxygens (including phenoxy) is 2. The first kappa shape index (κ1) is 24.8. The highest BCUT2D eigenvalue weighted by Gasteiger charge is 2.42. The van der Waals surface area contributed by atoms with Crippen molar-refractivity contribution in [1.82, 2.24) is 0 Å². The van der Waals surface area contributed by atoms with Crippen LogP contribution in [0.2, 0.25) is 0 Å². The van der Waals surface area contributed by atoms with Crippen LogP contribution in [0.25, 0.3) is 0 Å². The van der Waals surface area contributed by atoms with Gasteiger partial charge in [0, 0.05) is 0 Å². The van der Waals surface area contributed by atoms with Crippen LogP contribution in [0.4, 0.5) is 0 Å². The molecular weight excluding hydrogens is 368 g/mol. The molecule has 2 heterocycles. The minimum Gasteiger partial charge on any atom is -0.394 e. The van der Waals surface area contributed by atoms with Gasteiger partial charge in [-0.3, -0.25) is 0 Å². The summed E-state index contributed by atoms with van der Waals surface area (Å²) in [7, 11) is 0. The van der Waals surface area contributed by atoms with Crippen molar-refractivity contribution in [2.24, 2.45) is 11.5 Å². The molecule has 13 heteroatoms. The average Bonchev–Trinajstić information content (AvgIpc) is 2.58. The maximum absolute atomic E-state index is 9.20. The van der Waals surface area contributed by atoms with Crippen molar-refractivity contribution in [3.8, 4) is 0 Å². The topological polar surface area (TPSA) is 232 Å². The van der Waals surface area contributed by atoms with E-state index in [1.165, 1.54) is 0 Å². The molecule has 2 fully saturated rings. The lowest BCUT2D eigenvalue weighted by molar-refractivity contribution is -0.248. The predicted molar refractivity (Wildman–Crippen MR) is 83.2 cm³/mol. The van der Waals surface area contributed by atoms with Gasteiger partial charge in [0.1, 0.15) is 36.6 Å². The lowest BCUT2D eigenvalue weighted by Crippen LogP contribution is -2.61. The van der Waals surface area contributed by atoms with Crippen LogP contribution >= 0.6 is 12.4 Å². The van der Waals surface area contributed by atoms with Crippen LogP contribution in [0.3, 0.4) is 0 Å². The van der Waals surface area contributed by atoms with Gasteiger partial charge in [-0.1, -0.05) is 0 Å². The molecule has 2 rings (SSSR count). The van der Waals surface area contributed by atoms with Crippen LogP contribution in [-0.4, -0.2) is 115 Å². The monoisotopic (exact) mass is 394 g/mol. The van der Waals surface area contributed by atoms with Crippen LogP contribution in [0.1, 0.15) is 0 Å². The fraction of sp³-hybridized carbons (Fsp3) is 1.00. The van der Waals surface area contributed by atoms with E-state index < -0.39 is 74.5 Å². The minimum absolute atomic E-state index is 0. The Morgan fingerprint density at radius 3 is 1.12 bits per heavy atom. The zero-order chi connectivity index (χ0) is 18.6. The quantitative estimate of drug-likeness (QED) is 0.211. The number of hydrogen-bond donors (Lipinski definition) is 10. The zero-order valence-electron chi connectivity index (χ0n) is 13.1. The Kier molecular flexibility index (Phi) is 10.8. The van der Waals surface area contributed by atoms with Gasteiger partial charge in [0.2, 0.25) is 0 Å². The molecule has 152 valence electrons. The molecule has 0 aliphatic carbocycles. The number of rotatable bonds is 2. The van der Waals surface area contributed by atoms with Gasteiger partial charge in [0.25, 0.3) is 0 Å². The van der Waals surface area contributed by atoms with E-state index in [2.05, 4.69) is 0 Å². The summed E-state index contributed by atoms with van der Waals surface area (Å²) in [5.41, 5.74) is 10.5. The summed E-state index contributed by atoms with van der Waals surface area (Å²) in [6, 6.07) is -2.08. The zero-order valence-corrected chi connectivity index (χ0v) is 14.0. The van der Waals surface area contributed by atoms with E-state index in [-0.39, 0.29) is 12.4 Å². The number of aliphatic hydroxyl groups excluding tert-OH is 8. The van der Waals surface area contributed by atoms with Crippen molar-refractivity contribution >= 4 is 12.4 Å². The van der Waals surface area contributed by atoms with Gasteiger partial charge in [-0.2, -0.15) is 0 Å². The summed E-state index contributed by atoms with van der Waals surface area (Å²) in [6.07, 6.45) is -9.70. The highest BCUT2D eigenvalue weighted by atomic mass is 35.5. The van der Waals surface area contributed by atoms with Crippen LogP contribution in [0, 0.1) is 0 Å². The largest absolute Gasteiger partial charge is 0.394 e. The third-order valence-corrected chi connectivity index (χ3v) is 3.90. The molecule has 0 aromatic heterocycles. The van der Waals surface area contributed by atoms with Gasteiger partial charge >= 0.3 is 0 Å². The fourth-order valence-electron chi connectivity index (χ4n) is 2.24. The molecule has 12 N–H and O–H groups in total. The van der Waals surface area contributed by atoms with Gasteiger partial charge < -0.3 is 61.8 Å². The molecule has 2 aliphatic heterocycles. The second kappa shape index (κ2) is 10.8. The van der Waals surface area contributed by atoms with E-state index >= 15 is 0 Å². The van der Waals surface area contributed by atoms with Crippen LogP contribution in [0.5, 0.6) is 0 Å². The second-order valence-corrected chi connectivity index (χ2v) is 5.61.